The molecule has 0 atom stereocenters. The van der Waals surface area contributed by atoms with Crippen LogP contribution >= 0.6 is 0 Å². The highest BCUT2D eigenvalue weighted by molar-refractivity contribution is 5.98. The fourth-order valence-corrected chi connectivity index (χ4v) is 1.52. The highest BCUT2D eigenvalue weighted by Crippen LogP contribution is 2.19. The normalized spacial score (nSPS) is 9.95. The van der Waals surface area contributed by atoms with Crippen molar-refractivity contribution in [3.63, 3.8) is 0 Å². The van der Waals surface area contributed by atoms with Gasteiger partial charge < -0.3 is 15.7 Å². The van der Waals surface area contributed by atoms with Crippen LogP contribution < -0.4 is 5.73 Å². The average molecular weight is 299 g/mol. The number of nitrogens with zero attached hydrogens (tertiary/aromatic N) is 2. The van der Waals surface area contributed by atoms with Crippen LogP contribution in [0.3, 0.4) is 0 Å². The second-order valence-electron chi connectivity index (χ2n) is 3.94. The Morgan fingerprint density at radius 3 is 2.38 bits per heavy atom. The molecule has 1 aromatic rings. The van der Waals surface area contributed by atoms with E-state index in [1.807, 2.05) is 0 Å². The van der Waals surface area contributed by atoms with Crippen LogP contribution in [0.15, 0.2) is 18.2 Å². The van der Waals surface area contributed by atoms with E-state index in [0.717, 1.165) is 12.1 Å². The molecule has 0 saturated carbocycles. The molecule has 0 aromatic heterocycles. The maximum absolute atomic E-state index is 13.4. The van der Waals surface area contributed by atoms with Gasteiger partial charge in [0.1, 0.15) is 13.1 Å². The topological polar surface area (TPSA) is 144 Å². The van der Waals surface area contributed by atoms with Crippen molar-refractivity contribution in [1.29, 1.82) is 0 Å². The molecule has 1 aromatic carbocycles. The summed E-state index contributed by atoms with van der Waals surface area (Å²) in [5.41, 5.74) is 3.73. The first kappa shape index (κ1) is 16.0. The summed E-state index contributed by atoms with van der Waals surface area (Å²) in [4.78, 5) is 43.5. The van der Waals surface area contributed by atoms with Crippen LogP contribution in [0.2, 0.25) is 0 Å². The SMILES string of the molecule is NC(=O)CN(CC(=O)O)C(=O)c1ccc([N+](=O)[O-])c(F)c1. The van der Waals surface area contributed by atoms with Gasteiger partial charge in [0.15, 0.2) is 0 Å². The number of carbonyl (C=O) groups excluding carboxylic acids is 2. The third-order valence-electron chi connectivity index (χ3n) is 2.35. The second kappa shape index (κ2) is 6.41. The molecule has 1 rings (SSSR count). The average Bonchev–Trinajstić information content (AvgIpc) is 2.35. The van der Waals surface area contributed by atoms with Crippen LogP contribution in [0.4, 0.5) is 10.1 Å². The lowest BCUT2D eigenvalue weighted by Crippen LogP contribution is -2.41. The smallest absolute Gasteiger partial charge is 0.323 e. The first-order valence-corrected chi connectivity index (χ1v) is 5.45. The van der Waals surface area contributed by atoms with Gasteiger partial charge in [0.05, 0.1) is 4.92 Å². The molecule has 0 unspecified atom stereocenters. The van der Waals surface area contributed by atoms with E-state index in [-0.39, 0.29) is 5.56 Å². The summed E-state index contributed by atoms with van der Waals surface area (Å²) in [5, 5.41) is 19.1. The van der Waals surface area contributed by atoms with Gasteiger partial charge in [-0.1, -0.05) is 0 Å². The van der Waals surface area contributed by atoms with Crippen molar-refractivity contribution < 1.29 is 28.8 Å². The molecule has 0 radical (unpaired) electrons. The van der Waals surface area contributed by atoms with E-state index < -0.39 is 47.3 Å². The number of carboxylic acid groups (broad SMARTS) is 1. The largest absolute Gasteiger partial charge is 0.480 e. The second-order valence-corrected chi connectivity index (χ2v) is 3.94. The number of amides is 2. The molecule has 112 valence electrons. The van der Waals surface area contributed by atoms with Crippen molar-refractivity contribution in [1.82, 2.24) is 4.90 Å². The Hall–Kier alpha value is -3.04. The van der Waals surface area contributed by atoms with Crippen LogP contribution in [0.5, 0.6) is 0 Å². The van der Waals surface area contributed by atoms with Gasteiger partial charge in [0, 0.05) is 11.6 Å². The molecule has 3 N–H and O–H groups in total. The summed E-state index contributed by atoms with van der Waals surface area (Å²) >= 11 is 0. The Balaban J connectivity index is 3.08. The van der Waals surface area contributed by atoms with Gasteiger partial charge in [-0.2, -0.15) is 4.39 Å². The Morgan fingerprint density at radius 1 is 1.33 bits per heavy atom. The standard InChI is InChI=1S/C11H10FN3O6/c12-7-3-6(1-2-8(7)15(20)21)11(19)14(4-9(13)16)5-10(17)18/h1-3H,4-5H2,(H2,13,16)(H,17,18). The van der Waals surface area contributed by atoms with E-state index in [1.54, 1.807) is 0 Å². The minimum Gasteiger partial charge on any atom is -0.480 e. The van der Waals surface area contributed by atoms with E-state index in [1.165, 1.54) is 0 Å². The highest BCUT2D eigenvalue weighted by Gasteiger charge is 2.23. The monoisotopic (exact) mass is 299 g/mol. The summed E-state index contributed by atoms with van der Waals surface area (Å²) < 4.78 is 13.4. The molecule has 0 aliphatic rings. The van der Waals surface area contributed by atoms with Crippen LogP contribution in [-0.4, -0.2) is 45.8 Å². The van der Waals surface area contributed by atoms with Crippen LogP contribution in [0.1, 0.15) is 10.4 Å². The number of carboxylic acids is 1. The lowest BCUT2D eigenvalue weighted by atomic mass is 10.1. The van der Waals surface area contributed by atoms with Crippen LogP contribution in [0.25, 0.3) is 0 Å². The van der Waals surface area contributed by atoms with Gasteiger partial charge in [-0.25, -0.2) is 0 Å². The van der Waals surface area contributed by atoms with Crippen molar-refractivity contribution in [2.45, 2.75) is 0 Å². The molecule has 21 heavy (non-hydrogen) atoms. The molecular weight excluding hydrogens is 289 g/mol. The minimum absolute atomic E-state index is 0.333. The molecular formula is C11H10FN3O6. The van der Waals surface area contributed by atoms with Crippen molar-refractivity contribution in [2.75, 3.05) is 13.1 Å². The number of halogens is 1. The molecule has 0 saturated heterocycles. The van der Waals surface area contributed by atoms with E-state index in [4.69, 9.17) is 10.8 Å². The summed E-state index contributed by atoms with van der Waals surface area (Å²) in [6, 6.07) is 2.32. The molecule has 0 spiro atoms. The molecule has 0 heterocycles. The molecule has 9 nitrogen and oxygen atoms in total. The number of nitrogens with two attached hydrogens (primary N) is 1. The van der Waals surface area contributed by atoms with Gasteiger partial charge >= 0.3 is 11.7 Å². The number of hydrogen-bond donors (Lipinski definition) is 2. The van der Waals surface area contributed by atoms with Crippen LogP contribution in [-0.2, 0) is 9.59 Å². The first-order chi connectivity index (χ1) is 9.72. The third kappa shape index (κ3) is 4.23. The summed E-state index contributed by atoms with van der Waals surface area (Å²) in [7, 11) is 0. The lowest BCUT2D eigenvalue weighted by molar-refractivity contribution is -0.387. The fourth-order valence-electron chi connectivity index (χ4n) is 1.52. The van der Waals surface area contributed by atoms with Gasteiger partial charge in [-0.05, 0) is 12.1 Å². The minimum atomic E-state index is -1.40. The van der Waals surface area contributed by atoms with Crippen molar-refractivity contribution in [3.05, 3.63) is 39.7 Å². The van der Waals surface area contributed by atoms with E-state index in [0.29, 0.717) is 11.0 Å². The maximum atomic E-state index is 13.4. The maximum Gasteiger partial charge on any atom is 0.323 e. The molecule has 10 heteroatoms. The predicted octanol–water partition coefficient (Wildman–Crippen LogP) is -0.254. The zero-order valence-electron chi connectivity index (χ0n) is 10.5. The number of hydrogen-bond acceptors (Lipinski definition) is 5. The summed E-state index contributed by atoms with van der Waals surface area (Å²) in [5.74, 6) is -4.58. The Kier molecular flexibility index (Phi) is 4.89. The van der Waals surface area contributed by atoms with E-state index in [9.17, 15) is 28.9 Å². The number of carbonyl (C=O) groups is 3. The van der Waals surface area contributed by atoms with Gasteiger partial charge in [-0.3, -0.25) is 24.5 Å². The zero-order chi connectivity index (χ0) is 16.2. The van der Waals surface area contributed by atoms with Crippen LogP contribution in [0, 0.1) is 15.9 Å². The predicted molar refractivity (Wildman–Crippen MR) is 65.8 cm³/mol. The van der Waals surface area contributed by atoms with E-state index in [2.05, 4.69) is 0 Å². The first-order valence-electron chi connectivity index (χ1n) is 5.45. The Morgan fingerprint density at radius 2 is 1.95 bits per heavy atom. The van der Waals surface area contributed by atoms with Crippen molar-refractivity contribution in [3.8, 4) is 0 Å². The molecule has 0 fully saturated rings. The molecule has 0 aliphatic carbocycles. The van der Waals surface area contributed by atoms with Gasteiger partial charge in [0.25, 0.3) is 5.91 Å². The number of benzene rings is 1. The molecule has 2 amide bonds. The summed E-state index contributed by atoms with van der Waals surface area (Å²) in [6.45, 7) is -1.50. The van der Waals surface area contributed by atoms with Crippen molar-refractivity contribution >= 4 is 23.5 Å². The molecule has 0 aliphatic heterocycles. The highest BCUT2D eigenvalue weighted by atomic mass is 19.1. The van der Waals surface area contributed by atoms with Crippen molar-refractivity contribution in [2.24, 2.45) is 5.73 Å². The fraction of sp³-hybridized carbons (Fsp3) is 0.182. The quantitative estimate of drug-likeness (QED) is 0.547. The Bertz CT molecular complexity index is 602. The molecule has 0 bridgehead atoms. The lowest BCUT2D eigenvalue weighted by Gasteiger charge is -2.18. The number of primary amides is 1. The summed E-state index contributed by atoms with van der Waals surface area (Å²) in [6.07, 6.45) is 0. The van der Waals surface area contributed by atoms with Gasteiger partial charge in [0.2, 0.25) is 11.7 Å². The number of rotatable bonds is 6. The Labute approximate surface area is 116 Å². The number of nitro groups is 1. The third-order valence-corrected chi connectivity index (χ3v) is 2.35. The number of aliphatic carboxylic acids is 1. The number of nitro benzene ring substituents is 1. The zero-order valence-corrected chi connectivity index (χ0v) is 10.5. The van der Waals surface area contributed by atoms with E-state index >= 15 is 0 Å². The van der Waals surface area contributed by atoms with Gasteiger partial charge in [-0.15, -0.1) is 0 Å².